The van der Waals surface area contributed by atoms with Crippen molar-refractivity contribution in [2.24, 2.45) is 5.73 Å². The average Bonchev–Trinajstić information content (AvgIpc) is 2.81. The third-order valence-electron chi connectivity index (χ3n) is 3.56. The molecule has 0 saturated carbocycles. The van der Waals surface area contributed by atoms with E-state index < -0.39 is 12.8 Å². The lowest BCUT2D eigenvalue weighted by molar-refractivity contribution is -0.174. The van der Waals surface area contributed by atoms with Gasteiger partial charge in [-0.25, -0.2) is 0 Å². The monoisotopic (exact) mass is 287 g/mol. The molecule has 0 spiro atoms. The van der Waals surface area contributed by atoms with Crippen molar-refractivity contribution in [1.29, 1.82) is 0 Å². The van der Waals surface area contributed by atoms with E-state index in [2.05, 4.69) is 22.9 Å². The lowest BCUT2D eigenvalue weighted by Crippen LogP contribution is -2.26. The second-order valence-corrected chi connectivity index (χ2v) is 5.38. The summed E-state index contributed by atoms with van der Waals surface area (Å²) in [6, 6.07) is 6.23. The van der Waals surface area contributed by atoms with E-state index in [1.54, 1.807) is 0 Å². The molecular formula is C15H20F3NO. The van der Waals surface area contributed by atoms with Crippen molar-refractivity contribution in [3.63, 3.8) is 0 Å². The van der Waals surface area contributed by atoms with E-state index >= 15 is 0 Å². The lowest BCUT2D eigenvalue weighted by Gasteiger charge is -2.13. The van der Waals surface area contributed by atoms with Gasteiger partial charge in [-0.1, -0.05) is 18.2 Å². The fraction of sp³-hybridized carbons (Fsp3) is 0.600. The van der Waals surface area contributed by atoms with Crippen LogP contribution >= 0.6 is 0 Å². The first-order valence-electron chi connectivity index (χ1n) is 6.95. The third-order valence-corrected chi connectivity index (χ3v) is 3.56. The Morgan fingerprint density at radius 1 is 1.20 bits per heavy atom. The van der Waals surface area contributed by atoms with Gasteiger partial charge < -0.3 is 10.5 Å². The number of rotatable bonds is 6. The van der Waals surface area contributed by atoms with Crippen LogP contribution < -0.4 is 5.73 Å². The van der Waals surface area contributed by atoms with Crippen LogP contribution in [-0.4, -0.2) is 25.4 Å². The highest BCUT2D eigenvalue weighted by Crippen LogP contribution is 2.23. The largest absolute Gasteiger partial charge is 0.411 e. The van der Waals surface area contributed by atoms with Crippen LogP contribution in [0.1, 0.15) is 29.5 Å². The summed E-state index contributed by atoms with van der Waals surface area (Å²) in [7, 11) is 0. The average molecular weight is 287 g/mol. The molecule has 5 heteroatoms. The molecule has 0 aromatic heterocycles. The van der Waals surface area contributed by atoms with Crippen molar-refractivity contribution in [3.8, 4) is 0 Å². The number of ether oxygens (including phenoxy) is 1. The maximum absolute atomic E-state index is 11.9. The van der Waals surface area contributed by atoms with Crippen LogP contribution in [-0.2, 0) is 24.0 Å². The van der Waals surface area contributed by atoms with Crippen LogP contribution in [0.25, 0.3) is 0 Å². The number of alkyl halides is 3. The molecule has 1 unspecified atom stereocenters. The predicted octanol–water partition coefficient (Wildman–Crippen LogP) is 3.01. The number of hydrogen-bond donors (Lipinski definition) is 1. The van der Waals surface area contributed by atoms with Gasteiger partial charge in [0.2, 0.25) is 0 Å². The van der Waals surface area contributed by atoms with E-state index in [1.807, 2.05) is 0 Å². The Kier molecular flexibility index (Phi) is 5.05. The van der Waals surface area contributed by atoms with Crippen molar-refractivity contribution in [1.82, 2.24) is 0 Å². The van der Waals surface area contributed by atoms with Crippen molar-refractivity contribution < 1.29 is 17.9 Å². The predicted molar refractivity (Wildman–Crippen MR) is 71.6 cm³/mol. The van der Waals surface area contributed by atoms with Crippen molar-refractivity contribution in [2.45, 2.75) is 44.3 Å². The molecule has 0 aliphatic heterocycles. The van der Waals surface area contributed by atoms with Crippen LogP contribution in [0.3, 0.4) is 0 Å². The number of aryl methyl sites for hydroxylation is 2. The zero-order chi connectivity index (χ0) is 14.6. The standard InChI is InChI=1S/C15H20F3NO/c16-15(17,18)10-20-7-6-14(19)9-11-4-5-12-2-1-3-13(12)8-11/h4-5,8,14H,1-3,6-7,9-10,19H2. The van der Waals surface area contributed by atoms with Gasteiger partial charge in [-0.2, -0.15) is 13.2 Å². The third kappa shape index (κ3) is 4.80. The molecule has 0 amide bonds. The topological polar surface area (TPSA) is 35.2 Å². The summed E-state index contributed by atoms with van der Waals surface area (Å²) in [6.45, 7) is -1.15. The molecule has 2 nitrogen and oxygen atoms in total. The van der Waals surface area contributed by atoms with Gasteiger partial charge >= 0.3 is 6.18 Å². The van der Waals surface area contributed by atoms with Gasteiger partial charge in [0, 0.05) is 12.6 Å². The van der Waals surface area contributed by atoms with E-state index in [-0.39, 0.29) is 12.6 Å². The van der Waals surface area contributed by atoms with Gasteiger partial charge in [0.15, 0.2) is 0 Å². The van der Waals surface area contributed by atoms with E-state index in [1.165, 1.54) is 17.5 Å². The fourth-order valence-electron chi connectivity index (χ4n) is 2.58. The molecule has 0 radical (unpaired) electrons. The number of nitrogens with two attached hydrogens (primary N) is 1. The van der Waals surface area contributed by atoms with E-state index in [4.69, 9.17) is 5.73 Å². The van der Waals surface area contributed by atoms with Gasteiger partial charge in [-0.15, -0.1) is 0 Å². The summed E-state index contributed by atoms with van der Waals surface area (Å²) in [6.07, 6.45) is 0.329. The SMILES string of the molecule is NC(CCOCC(F)(F)F)Cc1ccc2c(c1)CCC2. The van der Waals surface area contributed by atoms with Gasteiger partial charge in [-0.05, 0) is 48.8 Å². The molecule has 1 aliphatic rings. The Morgan fingerprint density at radius 3 is 2.70 bits per heavy atom. The highest BCUT2D eigenvalue weighted by molar-refractivity contribution is 5.35. The zero-order valence-corrected chi connectivity index (χ0v) is 11.4. The second kappa shape index (κ2) is 6.59. The summed E-state index contributed by atoms with van der Waals surface area (Å²) in [4.78, 5) is 0. The Bertz CT molecular complexity index is 445. The molecule has 0 bridgehead atoms. The molecule has 1 aliphatic carbocycles. The molecule has 112 valence electrons. The Labute approximate surface area is 117 Å². The van der Waals surface area contributed by atoms with Gasteiger partial charge in [0.05, 0.1) is 0 Å². The first-order chi connectivity index (χ1) is 9.44. The molecule has 1 aromatic rings. The maximum atomic E-state index is 11.9. The molecule has 1 atom stereocenters. The van der Waals surface area contributed by atoms with Crippen LogP contribution in [0, 0.1) is 0 Å². The van der Waals surface area contributed by atoms with E-state index in [9.17, 15) is 13.2 Å². The highest BCUT2D eigenvalue weighted by atomic mass is 19.4. The molecule has 1 aromatic carbocycles. The van der Waals surface area contributed by atoms with E-state index in [0.29, 0.717) is 12.8 Å². The molecule has 0 heterocycles. The zero-order valence-electron chi connectivity index (χ0n) is 11.4. The summed E-state index contributed by atoms with van der Waals surface area (Å²) < 4.78 is 40.3. The minimum absolute atomic E-state index is 0.0472. The molecular weight excluding hydrogens is 267 g/mol. The maximum Gasteiger partial charge on any atom is 0.411 e. The Balaban J connectivity index is 1.73. The fourth-order valence-corrected chi connectivity index (χ4v) is 2.58. The van der Waals surface area contributed by atoms with Crippen LogP contribution in [0.4, 0.5) is 13.2 Å². The molecule has 2 rings (SSSR count). The normalized spacial score (nSPS) is 16.2. The van der Waals surface area contributed by atoms with Gasteiger partial charge in [-0.3, -0.25) is 0 Å². The van der Waals surface area contributed by atoms with Crippen molar-refractivity contribution >= 4 is 0 Å². The number of halogens is 3. The van der Waals surface area contributed by atoms with Crippen molar-refractivity contribution in [3.05, 3.63) is 34.9 Å². The second-order valence-electron chi connectivity index (χ2n) is 5.38. The summed E-state index contributed by atoms with van der Waals surface area (Å²) in [5.41, 5.74) is 9.91. The lowest BCUT2D eigenvalue weighted by atomic mass is 10.00. The Hall–Kier alpha value is -1.07. The van der Waals surface area contributed by atoms with Crippen LogP contribution in [0.2, 0.25) is 0 Å². The van der Waals surface area contributed by atoms with Crippen molar-refractivity contribution in [2.75, 3.05) is 13.2 Å². The van der Waals surface area contributed by atoms with Gasteiger partial charge in [0.25, 0.3) is 0 Å². The highest BCUT2D eigenvalue weighted by Gasteiger charge is 2.27. The molecule has 20 heavy (non-hydrogen) atoms. The number of hydrogen-bond acceptors (Lipinski definition) is 2. The summed E-state index contributed by atoms with van der Waals surface area (Å²) >= 11 is 0. The molecule has 0 saturated heterocycles. The van der Waals surface area contributed by atoms with E-state index in [0.717, 1.165) is 18.4 Å². The first kappa shape index (κ1) is 15.3. The van der Waals surface area contributed by atoms with Gasteiger partial charge in [0.1, 0.15) is 6.61 Å². The summed E-state index contributed by atoms with van der Waals surface area (Å²) in [5.74, 6) is 0. The Morgan fingerprint density at radius 2 is 1.95 bits per heavy atom. The first-order valence-corrected chi connectivity index (χ1v) is 6.95. The number of benzene rings is 1. The molecule has 2 N–H and O–H groups in total. The minimum atomic E-state index is -4.26. The number of fused-ring (bicyclic) bond motifs is 1. The smallest absolute Gasteiger partial charge is 0.372 e. The van der Waals surface area contributed by atoms with Crippen LogP contribution in [0.5, 0.6) is 0 Å². The van der Waals surface area contributed by atoms with Crippen LogP contribution in [0.15, 0.2) is 18.2 Å². The summed E-state index contributed by atoms with van der Waals surface area (Å²) in [5, 5.41) is 0. The molecule has 0 fully saturated rings. The quantitative estimate of drug-likeness (QED) is 0.816. The minimum Gasteiger partial charge on any atom is -0.372 e.